The summed E-state index contributed by atoms with van der Waals surface area (Å²) < 4.78 is 1.29. The quantitative estimate of drug-likeness (QED) is 0.783. The average Bonchev–Trinajstić information content (AvgIpc) is 2.72. The van der Waals surface area contributed by atoms with Gasteiger partial charge in [-0.15, -0.1) is 0 Å². The summed E-state index contributed by atoms with van der Waals surface area (Å²) in [5.74, 6) is -1.02. The molecule has 0 spiro atoms. The summed E-state index contributed by atoms with van der Waals surface area (Å²) in [5.41, 5.74) is 0.546. The fourth-order valence-electron chi connectivity index (χ4n) is 1.53. The molecule has 2 rings (SSSR count). The summed E-state index contributed by atoms with van der Waals surface area (Å²) in [7, 11) is 1.55. The minimum absolute atomic E-state index is 0.0642. The lowest BCUT2D eigenvalue weighted by atomic mass is 10.3. The number of nitrogens with zero attached hydrogens (tertiary/aromatic N) is 2. The smallest absolute Gasteiger partial charge is 0.341 e. The highest BCUT2D eigenvalue weighted by Crippen LogP contribution is 2.14. The SMILES string of the molecule is Cn1ncc(C(=O)O)c1NC(=O)Nc1ccccc1. The van der Waals surface area contributed by atoms with Crippen LogP contribution in [-0.2, 0) is 7.05 Å². The molecule has 1 aromatic heterocycles. The number of hydrogen-bond donors (Lipinski definition) is 3. The lowest BCUT2D eigenvalue weighted by molar-refractivity contribution is 0.0698. The normalized spacial score (nSPS) is 9.95. The van der Waals surface area contributed by atoms with E-state index in [1.807, 2.05) is 6.07 Å². The Labute approximate surface area is 108 Å². The molecular weight excluding hydrogens is 248 g/mol. The van der Waals surface area contributed by atoms with E-state index >= 15 is 0 Å². The second kappa shape index (κ2) is 5.21. The zero-order valence-electron chi connectivity index (χ0n) is 10.1. The highest BCUT2D eigenvalue weighted by atomic mass is 16.4. The van der Waals surface area contributed by atoms with Gasteiger partial charge in [0.1, 0.15) is 11.4 Å². The summed E-state index contributed by atoms with van der Waals surface area (Å²) in [6.07, 6.45) is 1.18. The van der Waals surface area contributed by atoms with E-state index in [0.717, 1.165) is 0 Å². The monoisotopic (exact) mass is 260 g/mol. The molecule has 0 atom stereocenters. The van der Waals surface area contributed by atoms with Gasteiger partial charge in [-0.05, 0) is 12.1 Å². The zero-order chi connectivity index (χ0) is 13.8. The number of carbonyl (C=O) groups excluding carboxylic acids is 1. The van der Waals surface area contributed by atoms with Crippen LogP contribution >= 0.6 is 0 Å². The van der Waals surface area contributed by atoms with E-state index in [1.54, 1.807) is 31.3 Å². The van der Waals surface area contributed by atoms with Crippen molar-refractivity contribution in [1.29, 1.82) is 0 Å². The maximum absolute atomic E-state index is 11.8. The van der Waals surface area contributed by atoms with E-state index in [-0.39, 0.29) is 11.4 Å². The summed E-state index contributed by atoms with van der Waals surface area (Å²) >= 11 is 0. The first-order chi connectivity index (χ1) is 9.08. The molecule has 0 aliphatic heterocycles. The Balaban J connectivity index is 2.11. The van der Waals surface area contributed by atoms with Gasteiger partial charge < -0.3 is 10.4 Å². The second-order valence-corrected chi connectivity index (χ2v) is 3.78. The molecule has 0 fully saturated rings. The largest absolute Gasteiger partial charge is 0.477 e. The number of carboxylic acids is 1. The minimum atomic E-state index is -1.15. The molecule has 3 N–H and O–H groups in total. The van der Waals surface area contributed by atoms with E-state index in [9.17, 15) is 9.59 Å². The highest BCUT2D eigenvalue weighted by molar-refractivity contribution is 6.03. The van der Waals surface area contributed by atoms with Gasteiger partial charge in [-0.1, -0.05) is 18.2 Å². The Morgan fingerprint density at radius 2 is 1.89 bits per heavy atom. The molecule has 0 bridgehead atoms. The Morgan fingerprint density at radius 3 is 2.53 bits per heavy atom. The van der Waals surface area contributed by atoms with Gasteiger partial charge in [0.05, 0.1) is 6.20 Å². The third-order valence-electron chi connectivity index (χ3n) is 2.43. The third-order valence-corrected chi connectivity index (χ3v) is 2.43. The molecule has 19 heavy (non-hydrogen) atoms. The van der Waals surface area contributed by atoms with Gasteiger partial charge in [0, 0.05) is 12.7 Å². The van der Waals surface area contributed by atoms with Gasteiger partial charge in [0.2, 0.25) is 0 Å². The van der Waals surface area contributed by atoms with Crippen LogP contribution in [0.15, 0.2) is 36.5 Å². The van der Waals surface area contributed by atoms with Crippen molar-refractivity contribution in [3.05, 3.63) is 42.1 Å². The van der Waals surface area contributed by atoms with Crippen LogP contribution in [-0.4, -0.2) is 26.9 Å². The maximum Gasteiger partial charge on any atom is 0.341 e. The third kappa shape index (κ3) is 2.89. The van der Waals surface area contributed by atoms with Crippen LogP contribution in [0, 0.1) is 0 Å². The molecule has 98 valence electrons. The molecule has 0 saturated carbocycles. The molecule has 0 radical (unpaired) electrons. The Morgan fingerprint density at radius 1 is 1.21 bits per heavy atom. The van der Waals surface area contributed by atoms with Gasteiger partial charge >= 0.3 is 12.0 Å². The number of hydrogen-bond acceptors (Lipinski definition) is 3. The van der Waals surface area contributed by atoms with Crippen molar-refractivity contribution in [1.82, 2.24) is 9.78 Å². The number of para-hydroxylation sites is 1. The molecule has 0 aliphatic rings. The van der Waals surface area contributed by atoms with E-state index in [2.05, 4.69) is 15.7 Å². The molecule has 1 heterocycles. The second-order valence-electron chi connectivity index (χ2n) is 3.78. The molecule has 7 heteroatoms. The molecule has 7 nitrogen and oxygen atoms in total. The molecule has 0 saturated heterocycles. The molecule has 2 amide bonds. The van der Waals surface area contributed by atoms with Crippen LogP contribution in [0.5, 0.6) is 0 Å². The highest BCUT2D eigenvalue weighted by Gasteiger charge is 2.17. The maximum atomic E-state index is 11.8. The fraction of sp³-hybridized carbons (Fsp3) is 0.0833. The number of carboxylic acid groups (broad SMARTS) is 1. The van der Waals surface area contributed by atoms with Gasteiger partial charge in [-0.2, -0.15) is 5.10 Å². The van der Waals surface area contributed by atoms with Crippen LogP contribution in [0.1, 0.15) is 10.4 Å². The van der Waals surface area contributed by atoms with Crippen LogP contribution in [0.3, 0.4) is 0 Å². The van der Waals surface area contributed by atoms with Crippen LogP contribution in [0.25, 0.3) is 0 Å². The summed E-state index contributed by atoms with van der Waals surface area (Å²) in [5, 5.41) is 17.8. The number of rotatable bonds is 3. The number of carbonyl (C=O) groups is 2. The van der Waals surface area contributed by atoms with Crippen molar-refractivity contribution in [2.24, 2.45) is 7.05 Å². The van der Waals surface area contributed by atoms with Crippen molar-refractivity contribution in [2.45, 2.75) is 0 Å². The van der Waals surface area contributed by atoms with E-state index < -0.39 is 12.0 Å². The predicted octanol–water partition coefficient (Wildman–Crippen LogP) is 1.76. The van der Waals surface area contributed by atoms with Crippen molar-refractivity contribution in [3.63, 3.8) is 0 Å². The lowest BCUT2D eigenvalue weighted by Gasteiger charge is -2.08. The van der Waals surface area contributed by atoms with E-state index in [1.165, 1.54) is 10.9 Å². The first kappa shape index (κ1) is 12.6. The lowest BCUT2D eigenvalue weighted by Crippen LogP contribution is -2.22. The first-order valence-corrected chi connectivity index (χ1v) is 5.46. The Kier molecular flexibility index (Phi) is 3.46. The molecule has 2 aromatic rings. The Hall–Kier alpha value is -2.83. The van der Waals surface area contributed by atoms with Crippen LogP contribution < -0.4 is 10.6 Å². The van der Waals surface area contributed by atoms with Gasteiger partial charge in [-0.25, -0.2) is 9.59 Å². The van der Waals surface area contributed by atoms with Crippen molar-refractivity contribution < 1.29 is 14.7 Å². The molecule has 1 aromatic carbocycles. The zero-order valence-corrected chi connectivity index (χ0v) is 10.1. The average molecular weight is 260 g/mol. The first-order valence-electron chi connectivity index (χ1n) is 5.46. The molecule has 0 unspecified atom stereocenters. The number of anilines is 2. The Bertz CT molecular complexity index is 607. The number of aromatic nitrogens is 2. The standard InChI is InChI=1S/C12H12N4O3/c1-16-10(9(7-13-16)11(17)18)15-12(19)14-8-5-3-2-4-6-8/h2-7H,1H3,(H,17,18)(H2,14,15,19). The predicted molar refractivity (Wildman–Crippen MR) is 69.3 cm³/mol. The topological polar surface area (TPSA) is 96.2 Å². The fourth-order valence-corrected chi connectivity index (χ4v) is 1.53. The van der Waals surface area contributed by atoms with E-state index in [0.29, 0.717) is 5.69 Å². The number of nitrogens with one attached hydrogen (secondary N) is 2. The summed E-state index contributed by atoms with van der Waals surface area (Å²) in [6, 6.07) is 8.30. The van der Waals surface area contributed by atoms with Gasteiger partial charge in [0.25, 0.3) is 0 Å². The van der Waals surface area contributed by atoms with Gasteiger partial charge in [-0.3, -0.25) is 10.00 Å². The number of aryl methyl sites for hydroxylation is 1. The summed E-state index contributed by atoms with van der Waals surface area (Å²) in [4.78, 5) is 22.7. The molecule has 0 aliphatic carbocycles. The van der Waals surface area contributed by atoms with Crippen LogP contribution in [0.4, 0.5) is 16.3 Å². The number of urea groups is 1. The molecular formula is C12H12N4O3. The van der Waals surface area contributed by atoms with Crippen LogP contribution in [0.2, 0.25) is 0 Å². The van der Waals surface area contributed by atoms with Crippen molar-refractivity contribution in [2.75, 3.05) is 10.6 Å². The number of amides is 2. The van der Waals surface area contributed by atoms with Gasteiger partial charge in [0.15, 0.2) is 0 Å². The van der Waals surface area contributed by atoms with Crippen molar-refractivity contribution >= 4 is 23.5 Å². The number of aromatic carboxylic acids is 1. The van der Waals surface area contributed by atoms with E-state index in [4.69, 9.17) is 5.11 Å². The number of benzene rings is 1. The van der Waals surface area contributed by atoms with Crippen molar-refractivity contribution in [3.8, 4) is 0 Å². The minimum Gasteiger partial charge on any atom is -0.477 e. The summed E-state index contributed by atoms with van der Waals surface area (Å²) in [6.45, 7) is 0.